The van der Waals surface area contributed by atoms with Crippen LogP contribution in [0.4, 0.5) is 0 Å². The molecule has 0 heterocycles. The third-order valence-corrected chi connectivity index (χ3v) is 4.37. The predicted octanol–water partition coefficient (Wildman–Crippen LogP) is 5.05. The van der Waals surface area contributed by atoms with Crippen LogP contribution < -0.4 is 4.74 Å². The Bertz CT molecular complexity index is 1140. The molecule has 0 radical (unpaired) electrons. The zero-order chi connectivity index (χ0) is 21.3. The third-order valence-electron chi connectivity index (χ3n) is 4.37. The molecule has 0 aliphatic heterocycles. The van der Waals surface area contributed by atoms with Gasteiger partial charge < -0.3 is 9.64 Å². The lowest BCUT2D eigenvalue weighted by Crippen LogP contribution is -2.30. The maximum absolute atomic E-state index is 13.1. The van der Waals surface area contributed by atoms with Crippen LogP contribution in [0.15, 0.2) is 85.5 Å². The van der Waals surface area contributed by atoms with Gasteiger partial charge in [0.15, 0.2) is 0 Å². The summed E-state index contributed by atoms with van der Waals surface area (Å²) in [5.41, 5.74) is 2.46. The highest BCUT2D eigenvalue weighted by Crippen LogP contribution is 2.23. The molecule has 0 aliphatic rings. The summed E-state index contributed by atoms with van der Waals surface area (Å²) in [4.78, 5) is 14.8. The molecule has 5 nitrogen and oxygen atoms in total. The molecule has 0 saturated carbocycles. The van der Waals surface area contributed by atoms with Crippen LogP contribution in [0.25, 0.3) is 0 Å². The number of carbonyl (C=O) groups excluding carboxylic acids is 1. The van der Waals surface area contributed by atoms with Gasteiger partial charge in [-0.3, -0.25) is 4.79 Å². The first-order valence-corrected chi connectivity index (χ1v) is 9.30. The molecule has 0 unspecified atom stereocenters. The minimum atomic E-state index is -0.164. The van der Waals surface area contributed by atoms with Gasteiger partial charge in [0, 0.05) is 18.7 Å². The average molecular weight is 393 g/mol. The zero-order valence-electron chi connectivity index (χ0n) is 16.3. The van der Waals surface area contributed by atoms with Gasteiger partial charge in [0.05, 0.1) is 23.3 Å². The Morgan fingerprint density at radius 2 is 1.67 bits per heavy atom. The molecule has 146 valence electrons. The fraction of sp³-hybridized carbons (Fsp3) is 0.0800. The van der Waals surface area contributed by atoms with E-state index in [9.17, 15) is 4.79 Å². The van der Waals surface area contributed by atoms with Crippen LogP contribution in [0.5, 0.6) is 11.5 Å². The van der Waals surface area contributed by atoms with E-state index in [1.165, 1.54) is 0 Å². The Balaban J connectivity index is 1.79. The van der Waals surface area contributed by atoms with E-state index in [2.05, 4.69) is 18.7 Å². The van der Waals surface area contributed by atoms with Gasteiger partial charge in [-0.1, -0.05) is 24.3 Å². The largest absolute Gasteiger partial charge is 0.457 e. The molecule has 1 amide bonds. The van der Waals surface area contributed by atoms with Crippen LogP contribution in [0, 0.1) is 22.7 Å². The second-order valence-corrected chi connectivity index (χ2v) is 6.55. The van der Waals surface area contributed by atoms with E-state index < -0.39 is 0 Å². The van der Waals surface area contributed by atoms with Gasteiger partial charge in [-0.25, -0.2) is 0 Å². The first kappa shape index (κ1) is 20.4. The fourth-order valence-corrected chi connectivity index (χ4v) is 2.94. The quantitative estimate of drug-likeness (QED) is 0.526. The van der Waals surface area contributed by atoms with Crippen molar-refractivity contribution in [1.82, 2.24) is 4.90 Å². The number of amides is 1. The average Bonchev–Trinajstić information content (AvgIpc) is 2.79. The summed E-state index contributed by atoms with van der Waals surface area (Å²) in [5, 5.41) is 18.0. The summed E-state index contributed by atoms with van der Waals surface area (Å²) in [7, 11) is 0. The van der Waals surface area contributed by atoms with Crippen LogP contribution >= 0.6 is 0 Å². The van der Waals surface area contributed by atoms with Crippen molar-refractivity contribution in [3.8, 4) is 23.6 Å². The Morgan fingerprint density at radius 3 is 2.37 bits per heavy atom. The number of benzene rings is 3. The van der Waals surface area contributed by atoms with Crippen molar-refractivity contribution in [2.75, 3.05) is 6.54 Å². The Labute approximate surface area is 175 Å². The lowest BCUT2D eigenvalue weighted by molar-refractivity contribution is 0.0762. The summed E-state index contributed by atoms with van der Waals surface area (Å²) >= 11 is 0. The summed E-state index contributed by atoms with van der Waals surface area (Å²) in [6, 6.07) is 25.1. The van der Waals surface area contributed by atoms with Crippen molar-refractivity contribution < 1.29 is 9.53 Å². The molecule has 30 heavy (non-hydrogen) atoms. The first-order valence-electron chi connectivity index (χ1n) is 9.30. The van der Waals surface area contributed by atoms with Gasteiger partial charge in [0.2, 0.25) is 0 Å². The number of hydrogen-bond acceptors (Lipinski definition) is 4. The molecule has 0 bridgehead atoms. The number of nitriles is 2. The van der Waals surface area contributed by atoms with Crippen molar-refractivity contribution in [3.63, 3.8) is 0 Å². The van der Waals surface area contributed by atoms with Crippen molar-refractivity contribution in [2.24, 2.45) is 0 Å². The van der Waals surface area contributed by atoms with Crippen LogP contribution in [-0.4, -0.2) is 17.4 Å². The molecule has 3 rings (SSSR count). The summed E-state index contributed by atoms with van der Waals surface area (Å²) < 4.78 is 5.82. The Morgan fingerprint density at radius 1 is 0.933 bits per heavy atom. The lowest BCUT2D eigenvalue weighted by atomic mass is 10.1. The smallest absolute Gasteiger partial charge is 0.254 e. The van der Waals surface area contributed by atoms with Gasteiger partial charge in [-0.2, -0.15) is 10.5 Å². The number of hydrogen-bond donors (Lipinski definition) is 0. The molecule has 0 atom stereocenters. The van der Waals surface area contributed by atoms with Crippen molar-refractivity contribution >= 4 is 5.91 Å². The monoisotopic (exact) mass is 393 g/mol. The Kier molecular flexibility index (Phi) is 6.61. The van der Waals surface area contributed by atoms with E-state index in [4.69, 9.17) is 15.3 Å². The van der Waals surface area contributed by atoms with Crippen LogP contribution in [0.2, 0.25) is 0 Å². The van der Waals surface area contributed by atoms with E-state index in [0.717, 1.165) is 5.56 Å². The van der Waals surface area contributed by atoms with Gasteiger partial charge in [0.1, 0.15) is 11.5 Å². The molecule has 5 heteroatoms. The molecule has 3 aromatic carbocycles. The Hall–Kier alpha value is -4.35. The first-order chi connectivity index (χ1) is 14.6. The predicted molar refractivity (Wildman–Crippen MR) is 114 cm³/mol. The fourth-order valence-electron chi connectivity index (χ4n) is 2.94. The van der Waals surface area contributed by atoms with E-state index in [0.29, 0.717) is 41.3 Å². The van der Waals surface area contributed by atoms with Crippen molar-refractivity contribution in [2.45, 2.75) is 6.54 Å². The summed E-state index contributed by atoms with van der Waals surface area (Å²) in [5.74, 6) is 0.938. The molecule has 3 aromatic rings. The van der Waals surface area contributed by atoms with Gasteiger partial charge >= 0.3 is 0 Å². The summed E-state index contributed by atoms with van der Waals surface area (Å²) in [6.45, 7) is 4.48. The number of rotatable bonds is 7. The number of nitrogens with zero attached hydrogens (tertiary/aromatic N) is 3. The molecule has 0 saturated heterocycles. The number of carbonyl (C=O) groups is 1. The van der Waals surface area contributed by atoms with Crippen molar-refractivity contribution in [1.29, 1.82) is 10.5 Å². The van der Waals surface area contributed by atoms with E-state index in [1.54, 1.807) is 77.7 Å². The highest BCUT2D eigenvalue weighted by Gasteiger charge is 2.16. The molecular weight excluding hydrogens is 374 g/mol. The zero-order valence-corrected chi connectivity index (χ0v) is 16.3. The van der Waals surface area contributed by atoms with Crippen LogP contribution in [-0.2, 0) is 6.54 Å². The third kappa shape index (κ3) is 5.13. The van der Waals surface area contributed by atoms with Gasteiger partial charge in [-0.15, -0.1) is 6.58 Å². The minimum absolute atomic E-state index is 0.164. The lowest BCUT2D eigenvalue weighted by Gasteiger charge is -2.22. The molecule has 0 spiro atoms. The minimum Gasteiger partial charge on any atom is -0.457 e. The van der Waals surface area contributed by atoms with E-state index in [1.807, 2.05) is 6.07 Å². The molecule has 0 aromatic heterocycles. The maximum atomic E-state index is 13.1. The number of ether oxygens (including phenoxy) is 1. The molecular formula is C25H19N3O2. The molecule has 0 aliphatic carbocycles. The molecule has 0 fully saturated rings. The van der Waals surface area contributed by atoms with E-state index >= 15 is 0 Å². The highest BCUT2D eigenvalue weighted by atomic mass is 16.5. The van der Waals surface area contributed by atoms with Gasteiger partial charge in [0.25, 0.3) is 5.91 Å². The van der Waals surface area contributed by atoms with Crippen molar-refractivity contribution in [3.05, 3.63) is 108 Å². The maximum Gasteiger partial charge on any atom is 0.254 e. The second-order valence-electron chi connectivity index (χ2n) is 6.55. The standard InChI is InChI=1S/C25H19N3O2/c1-2-13-28(18-21-6-3-5-20(14-21)17-27)25(29)22-7-4-8-24(15-22)30-23-11-9-19(16-26)10-12-23/h2-12,14-15H,1,13,18H2. The highest BCUT2D eigenvalue weighted by molar-refractivity contribution is 5.94. The second kappa shape index (κ2) is 9.73. The van der Waals surface area contributed by atoms with E-state index in [-0.39, 0.29) is 5.91 Å². The molecule has 0 N–H and O–H groups in total. The summed E-state index contributed by atoms with van der Waals surface area (Å²) in [6.07, 6.45) is 1.67. The van der Waals surface area contributed by atoms with Crippen LogP contribution in [0.3, 0.4) is 0 Å². The topological polar surface area (TPSA) is 77.1 Å². The normalized spacial score (nSPS) is 9.80. The SMILES string of the molecule is C=CCN(Cc1cccc(C#N)c1)C(=O)c1cccc(Oc2ccc(C#N)cc2)c1. The van der Waals surface area contributed by atoms with Crippen LogP contribution in [0.1, 0.15) is 27.0 Å². The van der Waals surface area contributed by atoms with Gasteiger partial charge in [-0.05, 0) is 60.2 Å².